The van der Waals surface area contributed by atoms with Crippen molar-refractivity contribution in [2.75, 3.05) is 25.0 Å². The van der Waals surface area contributed by atoms with Crippen LogP contribution in [-0.4, -0.2) is 57.1 Å². The molecule has 2 heterocycles. The van der Waals surface area contributed by atoms with Gasteiger partial charge in [-0.2, -0.15) is 5.10 Å². The van der Waals surface area contributed by atoms with E-state index in [0.29, 0.717) is 30.2 Å². The Kier molecular flexibility index (Phi) is 8.01. The monoisotopic (exact) mass is 483 g/mol. The first-order valence-corrected chi connectivity index (χ1v) is 11.2. The molecule has 0 aliphatic heterocycles. The highest BCUT2D eigenvalue weighted by atomic mass is 35.5. The lowest BCUT2D eigenvalue weighted by atomic mass is 10.2. The molecule has 0 saturated carbocycles. The number of hydrogen-bond donors (Lipinski definition) is 1. The molecule has 0 unspecified atom stereocenters. The summed E-state index contributed by atoms with van der Waals surface area (Å²) < 4.78 is 6.69. The standard InChI is InChI=1S/C24H26ClN5O4/c1-5-29(6-2)23(32)17-7-9-18(10-8-17)26-21(31)14-34-24(33)22-19(25)11-12-20(27-22)30-16(4)13-15(3)28-30/h7-13H,5-6,14H2,1-4H3,(H,26,31). The van der Waals surface area contributed by atoms with Crippen LogP contribution in [0.3, 0.4) is 0 Å². The summed E-state index contributed by atoms with van der Waals surface area (Å²) >= 11 is 6.13. The van der Waals surface area contributed by atoms with Gasteiger partial charge in [-0.15, -0.1) is 0 Å². The second-order valence-corrected chi connectivity index (χ2v) is 7.93. The second kappa shape index (κ2) is 10.9. The van der Waals surface area contributed by atoms with Crippen LogP contribution in [0.4, 0.5) is 5.69 Å². The lowest BCUT2D eigenvalue weighted by molar-refractivity contribution is -0.119. The Balaban J connectivity index is 1.61. The molecular formula is C24H26ClN5O4. The fraction of sp³-hybridized carbons (Fsp3) is 0.292. The minimum atomic E-state index is -0.830. The van der Waals surface area contributed by atoms with Crippen LogP contribution in [0.1, 0.15) is 46.1 Å². The van der Waals surface area contributed by atoms with Crippen LogP contribution in [0.15, 0.2) is 42.5 Å². The number of esters is 1. The van der Waals surface area contributed by atoms with E-state index < -0.39 is 18.5 Å². The Morgan fingerprint density at radius 1 is 1.06 bits per heavy atom. The normalized spacial score (nSPS) is 10.6. The molecular weight excluding hydrogens is 458 g/mol. The molecule has 2 amide bonds. The van der Waals surface area contributed by atoms with Gasteiger partial charge in [0, 0.05) is 30.0 Å². The Bertz CT molecular complexity index is 1200. The van der Waals surface area contributed by atoms with Crippen molar-refractivity contribution in [3.63, 3.8) is 0 Å². The van der Waals surface area contributed by atoms with Crippen LogP contribution in [-0.2, 0) is 9.53 Å². The van der Waals surface area contributed by atoms with Gasteiger partial charge in [-0.1, -0.05) is 11.6 Å². The first-order valence-electron chi connectivity index (χ1n) is 10.8. The average Bonchev–Trinajstić information content (AvgIpc) is 3.16. The first-order chi connectivity index (χ1) is 16.2. The largest absolute Gasteiger partial charge is 0.451 e. The van der Waals surface area contributed by atoms with Crippen LogP contribution in [0, 0.1) is 13.8 Å². The quantitative estimate of drug-likeness (QED) is 0.488. The number of anilines is 1. The number of carbonyl (C=O) groups is 3. The number of nitrogens with zero attached hydrogens (tertiary/aromatic N) is 4. The van der Waals surface area contributed by atoms with E-state index in [2.05, 4.69) is 15.4 Å². The summed E-state index contributed by atoms with van der Waals surface area (Å²) in [7, 11) is 0. The Morgan fingerprint density at radius 3 is 2.32 bits per heavy atom. The zero-order valence-corrected chi connectivity index (χ0v) is 20.2. The van der Waals surface area contributed by atoms with Crippen molar-refractivity contribution in [3.8, 4) is 5.82 Å². The molecule has 0 aliphatic rings. The smallest absolute Gasteiger partial charge is 0.359 e. The topological polar surface area (TPSA) is 106 Å². The summed E-state index contributed by atoms with van der Waals surface area (Å²) in [5.74, 6) is -1.04. The highest BCUT2D eigenvalue weighted by Crippen LogP contribution is 2.19. The Labute approximate surface area is 202 Å². The van der Waals surface area contributed by atoms with Gasteiger partial charge in [-0.3, -0.25) is 9.59 Å². The number of ether oxygens (including phenoxy) is 1. The van der Waals surface area contributed by atoms with E-state index in [0.717, 1.165) is 11.4 Å². The molecule has 10 heteroatoms. The van der Waals surface area contributed by atoms with Gasteiger partial charge >= 0.3 is 5.97 Å². The average molecular weight is 484 g/mol. The van der Waals surface area contributed by atoms with E-state index in [-0.39, 0.29) is 16.6 Å². The molecule has 178 valence electrons. The molecule has 0 fully saturated rings. The maximum Gasteiger partial charge on any atom is 0.359 e. The van der Waals surface area contributed by atoms with Crippen molar-refractivity contribution < 1.29 is 19.1 Å². The number of nitrogens with one attached hydrogen (secondary N) is 1. The van der Waals surface area contributed by atoms with Gasteiger partial charge in [-0.05, 0) is 70.2 Å². The maximum absolute atomic E-state index is 12.5. The van der Waals surface area contributed by atoms with Gasteiger partial charge in [0.15, 0.2) is 18.1 Å². The highest BCUT2D eigenvalue weighted by Gasteiger charge is 2.18. The third-order valence-electron chi connectivity index (χ3n) is 5.05. The third-order valence-corrected chi connectivity index (χ3v) is 5.36. The number of amides is 2. The zero-order valence-electron chi connectivity index (χ0n) is 19.5. The summed E-state index contributed by atoms with van der Waals surface area (Å²) in [6.07, 6.45) is 0. The van der Waals surface area contributed by atoms with Crippen LogP contribution in [0.5, 0.6) is 0 Å². The third kappa shape index (κ3) is 5.79. The molecule has 9 nitrogen and oxygen atoms in total. The van der Waals surface area contributed by atoms with Crippen molar-refractivity contribution in [1.82, 2.24) is 19.7 Å². The summed E-state index contributed by atoms with van der Waals surface area (Å²) in [4.78, 5) is 43.1. The lowest BCUT2D eigenvalue weighted by Crippen LogP contribution is -2.30. The van der Waals surface area contributed by atoms with E-state index in [1.807, 2.05) is 33.8 Å². The van der Waals surface area contributed by atoms with Gasteiger partial charge in [-0.25, -0.2) is 14.5 Å². The highest BCUT2D eigenvalue weighted by molar-refractivity contribution is 6.33. The first kappa shape index (κ1) is 24.9. The van der Waals surface area contributed by atoms with Crippen molar-refractivity contribution in [1.29, 1.82) is 0 Å². The van der Waals surface area contributed by atoms with E-state index in [1.54, 1.807) is 39.9 Å². The number of rotatable bonds is 8. The van der Waals surface area contributed by atoms with Gasteiger partial charge in [0.05, 0.1) is 10.7 Å². The molecule has 0 spiro atoms. The van der Waals surface area contributed by atoms with Crippen molar-refractivity contribution >= 4 is 35.1 Å². The molecule has 0 atom stereocenters. The second-order valence-electron chi connectivity index (χ2n) is 7.52. The predicted octanol–water partition coefficient (Wildman–Crippen LogP) is 3.82. The lowest BCUT2D eigenvalue weighted by Gasteiger charge is -2.18. The fourth-order valence-corrected chi connectivity index (χ4v) is 3.52. The minimum Gasteiger partial charge on any atom is -0.451 e. The summed E-state index contributed by atoms with van der Waals surface area (Å²) in [5, 5.41) is 7.07. The van der Waals surface area contributed by atoms with E-state index in [1.165, 1.54) is 6.07 Å². The molecule has 0 radical (unpaired) electrons. The number of aryl methyl sites for hydroxylation is 2. The number of hydrogen-bond acceptors (Lipinski definition) is 6. The molecule has 3 rings (SSSR count). The van der Waals surface area contributed by atoms with Gasteiger partial charge in [0.1, 0.15) is 0 Å². The maximum atomic E-state index is 12.5. The Morgan fingerprint density at radius 2 is 1.74 bits per heavy atom. The summed E-state index contributed by atoms with van der Waals surface area (Å²) in [6, 6.07) is 11.6. The van der Waals surface area contributed by atoms with Crippen LogP contribution >= 0.6 is 11.6 Å². The SMILES string of the molecule is CCN(CC)C(=O)c1ccc(NC(=O)COC(=O)c2nc(-n3nc(C)cc3C)ccc2Cl)cc1. The van der Waals surface area contributed by atoms with Crippen LogP contribution < -0.4 is 5.32 Å². The summed E-state index contributed by atoms with van der Waals surface area (Å²) in [6.45, 7) is 8.24. The Hall–Kier alpha value is -3.72. The number of aromatic nitrogens is 3. The molecule has 34 heavy (non-hydrogen) atoms. The molecule has 0 aliphatic carbocycles. The minimum absolute atomic E-state index is 0.0797. The molecule has 0 saturated heterocycles. The van der Waals surface area contributed by atoms with Crippen LogP contribution in [0.2, 0.25) is 5.02 Å². The van der Waals surface area contributed by atoms with Gasteiger partial charge in [0.2, 0.25) is 0 Å². The molecule has 0 bridgehead atoms. The van der Waals surface area contributed by atoms with E-state index in [4.69, 9.17) is 16.3 Å². The van der Waals surface area contributed by atoms with Crippen molar-refractivity contribution in [2.45, 2.75) is 27.7 Å². The molecule has 3 aromatic rings. The van der Waals surface area contributed by atoms with Crippen LogP contribution in [0.25, 0.3) is 5.82 Å². The van der Waals surface area contributed by atoms with Crippen molar-refractivity contribution in [2.24, 2.45) is 0 Å². The van der Waals surface area contributed by atoms with E-state index >= 15 is 0 Å². The van der Waals surface area contributed by atoms with Gasteiger partial charge < -0.3 is 15.0 Å². The number of carbonyl (C=O) groups excluding carboxylic acids is 3. The predicted molar refractivity (Wildman–Crippen MR) is 128 cm³/mol. The molecule has 1 aromatic carbocycles. The number of halogens is 1. The number of benzene rings is 1. The van der Waals surface area contributed by atoms with Gasteiger partial charge in [0.25, 0.3) is 11.8 Å². The van der Waals surface area contributed by atoms with Crippen molar-refractivity contribution in [3.05, 3.63) is 70.1 Å². The summed E-state index contributed by atoms with van der Waals surface area (Å²) in [5.41, 5.74) is 2.53. The van der Waals surface area contributed by atoms with E-state index in [9.17, 15) is 14.4 Å². The number of pyridine rings is 1. The fourth-order valence-electron chi connectivity index (χ4n) is 3.34. The zero-order chi connectivity index (χ0) is 24.8. The molecule has 1 N–H and O–H groups in total. The molecule has 2 aromatic heterocycles.